The van der Waals surface area contributed by atoms with Crippen LogP contribution >= 0.6 is 11.3 Å². The van der Waals surface area contributed by atoms with Crippen molar-refractivity contribution in [2.45, 2.75) is 0 Å². The van der Waals surface area contributed by atoms with Crippen LogP contribution in [-0.2, 0) is 0 Å². The van der Waals surface area contributed by atoms with Crippen LogP contribution in [0.3, 0.4) is 0 Å². The van der Waals surface area contributed by atoms with Gasteiger partial charge in [-0.3, -0.25) is 0 Å². The third kappa shape index (κ3) is 6.27. The van der Waals surface area contributed by atoms with Gasteiger partial charge in [0.1, 0.15) is 11.2 Å². The monoisotopic (exact) mass is 919 g/mol. The van der Waals surface area contributed by atoms with E-state index in [0.717, 1.165) is 66.6 Å². The van der Waals surface area contributed by atoms with Crippen LogP contribution in [0.15, 0.2) is 253 Å². The first-order valence-corrected chi connectivity index (χ1v) is 25.1. The van der Waals surface area contributed by atoms with Crippen LogP contribution in [0.25, 0.3) is 129 Å². The maximum absolute atomic E-state index is 6.74. The maximum atomic E-state index is 6.74. The van der Waals surface area contributed by atoms with Crippen molar-refractivity contribution in [3.05, 3.63) is 249 Å². The first kappa shape index (κ1) is 39.9. The fraction of sp³-hybridized carbons (Fsp3) is 0. The quantitative estimate of drug-likeness (QED) is 0.155. The Morgan fingerprint density at radius 1 is 0.296 bits per heavy atom. The van der Waals surface area contributed by atoms with E-state index in [1.807, 2.05) is 11.3 Å². The zero-order valence-electron chi connectivity index (χ0n) is 38.4. The van der Waals surface area contributed by atoms with Gasteiger partial charge < -0.3 is 9.32 Å². The van der Waals surface area contributed by atoms with Crippen molar-refractivity contribution in [2.24, 2.45) is 0 Å². The lowest BCUT2D eigenvalue weighted by molar-refractivity contribution is 0.669. The van der Waals surface area contributed by atoms with Crippen molar-refractivity contribution < 1.29 is 4.42 Å². The Kier molecular flexibility index (Phi) is 8.86. The van der Waals surface area contributed by atoms with Crippen LogP contribution in [0, 0.1) is 0 Å². The number of rotatable bonds is 6. The standard InChI is InChI=1S/C68H41NOS/c1-2-17-45-40-64-61(39-44(45)16-1)68-58(29-14-31-63(68)70-64)57-28-13-30-62(67(57)56-27-12-18-42-15-3-4-21-49(42)56)69(48-34-36-66-60(41-48)55-26-9-10-32-65(55)71-66)47-20-11-19-43(37-47)46-33-35-54-52-24-6-5-22-50(52)51-23-7-8-25-53(51)59(54)38-46/h1-41H. The van der Waals surface area contributed by atoms with Crippen LogP contribution in [-0.4, -0.2) is 0 Å². The second kappa shape index (κ2) is 15.8. The lowest BCUT2D eigenvalue weighted by atomic mass is 9.87. The summed E-state index contributed by atoms with van der Waals surface area (Å²) in [6.45, 7) is 0. The van der Waals surface area contributed by atoms with Crippen molar-refractivity contribution >= 4 is 124 Å². The molecule has 2 heterocycles. The van der Waals surface area contributed by atoms with Gasteiger partial charge in [-0.1, -0.05) is 182 Å². The third-order valence-corrected chi connectivity index (χ3v) is 15.9. The second-order valence-corrected chi connectivity index (χ2v) is 19.8. The maximum Gasteiger partial charge on any atom is 0.136 e. The van der Waals surface area contributed by atoms with Crippen molar-refractivity contribution in [3.8, 4) is 33.4 Å². The molecule has 2 nitrogen and oxygen atoms in total. The van der Waals surface area contributed by atoms with Gasteiger partial charge in [-0.15, -0.1) is 11.3 Å². The summed E-state index contributed by atoms with van der Waals surface area (Å²) >= 11 is 1.85. The highest BCUT2D eigenvalue weighted by molar-refractivity contribution is 7.25. The predicted octanol–water partition coefficient (Wildman–Crippen LogP) is 20.2. The molecular formula is C68H41NOS. The number of fused-ring (bicyclic) bond motifs is 14. The van der Waals surface area contributed by atoms with Gasteiger partial charge in [0.05, 0.1) is 5.69 Å². The van der Waals surface area contributed by atoms with E-state index < -0.39 is 0 Å². The van der Waals surface area contributed by atoms with E-state index in [4.69, 9.17) is 4.42 Å². The van der Waals surface area contributed by atoms with Gasteiger partial charge in [-0.25, -0.2) is 0 Å². The van der Waals surface area contributed by atoms with Gasteiger partial charge in [0.15, 0.2) is 0 Å². The largest absolute Gasteiger partial charge is 0.456 e. The summed E-state index contributed by atoms with van der Waals surface area (Å²) in [6, 6.07) is 91.6. The first-order valence-electron chi connectivity index (χ1n) is 24.3. The molecule has 330 valence electrons. The molecule has 2 aromatic heterocycles. The van der Waals surface area contributed by atoms with Gasteiger partial charge in [-0.2, -0.15) is 0 Å². The SMILES string of the molecule is c1cc(-c2ccc3c4ccccc4c4ccccc4c3c2)cc(N(c2ccc3sc4ccccc4c3c2)c2cccc(-c3cccc4oc5cc6ccccc6cc5c34)c2-c2cccc3ccccc23)c1. The number of benzene rings is 13. The Labute approximate surface area is 413 Å². The summed E-state index contributed by atoms with van der Waals surface area (Å²) in [5.41, 5.74) is 11.9. The smallest absolute Gasteiger partial charge is 0.136 e. The Bertz CT molecular complexity index is 4630. The van der Waals surface area contributed by atoms with E-state index in [-0.39, 0.29) is 0 Å². The van der Waals surface area contributed by atoms with Crippen molar-refractivity contribution in [3.63, 3.8) is 0 Å². The van der Waals surface area contributed by atoms with E-state index in [0.29, 0.717) is 0 Å². The van der Waals surface area contributed by atoms with E-state index in [1.165, 1.54) is 79.8 Å². The zero-order valence-corrected chi connectivity index (χ0v) is 39.3. The predicted molar refractivity (Wildman–Crippen MR) is 305 cm³/mol. The molecule has 15 aromatic rings. The molecule has 0 aliphatic heterocycles. The topological polar surface area (TPSA) is 16.4 Å². The third-order valence-electron chi connectivity index (χ3n) is 14.8. The zero-order chi connectivity index (χ0) is 46.6. The van der Waals surface area contributed by atoms with Crippen LogP contribution < -0.4 is 4.90 Å². The summed E-state index contributed by atoms with van der Waals surface area (Å²) < 4.78 is 9.30. The van der Waals surface area contributed by atoms with Crippen molar-refractivity contribution in [1.82, 2.24) is 0 Å². The Morgan fingerprint density at radius 2 is 0.873 bits per heavy atom. The first-order chi connectivity index (χ1) is 35.2. The number of nitrogens with zero attached hydrogens (tertiary/aromatic N) is 1. The molecule has 0 aliphatic rings. The minimum atomic E-state index is 0.873. The van der Waals surface area contributed by atoms with Crippen LogP contribution in [0.4, 0.5) is 17.1 Å². The number of anilines is 3. The number of furan rings is 1. The van der Waals surface area contributed by atoms with Gasteiger partial charge in [0.2, 0.25) is 0 Å². The molecule has 0 spiro atoms. The van der Waals surface area contributed by atoms with E-state index in [9.17, 15) is 0 Å². The summed E-state index contributed by atoms with van der Waals surface area (Å²) in [4.78, 5) is 2.50. The highest BCUT2D eigenvalue weighted by Gasteiger charge is 2.25. The van der Waals surface area contributed by atoms with Crippen LogP contribution in [0.5, 0.6) is 0 Å². The Balaban J connectivity index is 1.02. The average Bonchev–Trinajstić information content (AvgIpc) is 4.00. The van der Waals surface area contributed by atoms with Crippen LogP contribution in [0.2, 0.25) is 0 Å². The molecule has 0 unspecified atom stereocenters. The fourth-order valence-electron chi connectivity index (χ4n) is 11.6. The summed E-state index contributed by atoms with van der Waals surface area (Å²) in [7, 11) is 0. The van der Waals surface area contributed by atoms with Crippen LogP contribution in [0.1, 0.15) is 0 Å². The molecule has 3 heteroatoms. The van der Waals surface area contributed by atoms with E-state index >= 15 is 0 Å². The van der Waals surface area contributed by atoms with Gasteiger partial charge in [0.25, 0.3) is 0 Å². The van der Waals surface area contributed by atoms with E-state index in [1.54, 1.807) is 0 Å². The summed E-state index contributed by atoms with van der Waals surface area (Å²) in [5.74, 6) is 0. The lowest BCUT2D eigenvalue weighted by Gasteiger charge is -2.30. The molecule has 0 aliphatic carbocycles. The molecule has 0 fully saturated rings. The molecular weight excluding hydrogens is 879 g/mol. The minimum absolute atomic E-state index is 0.873. The molecule has 13 aromatic carbocycles. The lowest BCUT2D eigenvalue weighted by Crippen LogP contribution is -2.12. The van der Waals surface area contributed by atoms with Gasteiger partial charge >= 0.3 is 0 Å². The normalized spacial score (nSPS) is 11.9. The molecule has 0 amide bonds. The Hall–Kier alpha value is -9.02. The van der Waals surface area contributed by atoms with E-state index in [2.05, 4.69) is 254 Å². The fourth-order valence-corrected chi connectivity index (χ4v) is 12.7. The molecule has 0 atom stereocenters. The summed E-state index contributed by atoms with van der Waals surface area (Å²) in [6.07, 6.45) is 0. The molecule has 0 radical (unpaired) electrons. The molecule has 0 saturated carbocycles. The molecule has 0 bridgehead atoms. The van der Waals surface area contributed by atoms with Crippen molar-refractivity contribution in [1.29, 1.82) is 0 Å². The van der Waals surface area contributed by atoms with Crippen molar-refractivity contribution in [2.75, 3.05) is 4.90 Å². The highest BCUT2D eigenvalue weighted by atomic mass is 32.1. The molecule has 0 N–H and O–H groups in total. The number of hydrogen-bond acceptors (Lipinski definition) is 3. The molecule has 15 rings (SSSR count). The summed E-state index contributed by atoms with van der Waals surface area (Å²) in [5, 5.41) is 17.1. The highest BCUT2D eigenvalue weighted by Crippen LogP contribution is 2.51. The minimum Gasteiger partial charge on any atom is -0.456 e. The van der Waals surface area contributed by atoms with Gasteiger partial charge in [0, 0.05) is 47.9 Å². The second-order valence-electron chi connectivity index (χ2n) is 18.7. The van der Waals surface area contributed by atoms with Gasteiger partial charge in [-0.05, 0) is 148 Å². The number of thiophene rings is 1. The molecule has 71 heavy (non-hydrogen) atoms. The average molecular weight is 920 g/mol. The number of hydrogen-bond donors (Lipinski definition) is 0. The Morgan fingerprint density at radius 3 is 1.69 bits per heavy atom. The molecule has 0 saturated heterocycles.